The van der Waals surface area contributed by atoms with E-state index in [0.29, 0.717) is 55.5 Å². The van der Waals surface area contributed by atoms with Gasteiger partial charge in [0.05, 0.1) is 41.6 Å². The third-order valence-electron chi connectivity index (χ3n) is 13.5. The number of carbonyl (C=O) groups excluding carboxylic acids is 4. The maximum Gasteiger partial charge on any atom is 0.408 e. The van der Waals surface area contributed by atoms with Gasteiger partial charge in [-0.05, 0) is 89.3 Å². The van der Waals surface area contributed by atoms with Crippen molar-refractivity contribution in [2.75, 3.05) is 13.7 Å². The summed E-state index contributed by atoms with van der Waals surface area (Å²) < 4.78 is 79.6. The predicted octanol–water partition coefficient (Wildman–Crippen LogP) is 5.87. The van der Waals surface area contributed by atoms with Crippen LogP contribution in [0, 0.1) is 11.8 Å². The minimum atomic E-state index is -4.09. The first-order valence-electron chi connectivity index (χ1n) is 21.2. The SMILES string of the molecule is COc1ccc2nc(C3CC3)c3c(c2c1)C(F)(F)C[C@]1(C[C@H]2C(=O)N[C@]4(C(=O)NS(=O)(=O)C5(C)CC5)C[C@H]4/C=C\CCCCC[C@H](NC(=O)OC(C)C(C)C)C(=O)N2C1)O3. The van der Waals surface area contributed by atoms with Crippen molar-refractivity contribution in [2.24, 2.45) is 11.8 Å². The molecule has 6 atom stereocenters. The molecule has 1 aromatic carbocycles. The number of alkyl carbamates (subject to hydrolysis) is 1. The van der Waals surface area contributed by atoms with E-state index in [0.717, 1.165) is 12.8 Å². The lowest BCUT2D eigenvalue weighted by Crippen LogP contribution is -2.58. The minimum absolute atomic E-state index is 0.0157. The predicted molar refractivity (Wildman–Crippen MR) is 216 cm³/mol. The highest BCUT2D eigenvalue weighted by Gasteiger charge is 2.65. The Labute approximate surface area is 349 Å². The molecule has 0 bridgehead atoms. The summed E-state index contributed by atoms with van der Waals surface area (Å²) >= 11 is 0. The number of benzene rings is 1. The van der Waals surface area contributed by atoms with E-state index in [1.807, 2.05) is 19.9 Å². The van der Waals surface area contributed by atoms with E-state index in [4.69, 9.17) is 19.2 Å². The van der Waals surface area contributed by atoms with Gasteiger partial charge in [-0.1, -0.05) is 38.8 Å². The summed E-state index contributed by atoms with van der Waals surface area (Å²) in [6, 6.07) is 2.17. The summed E-state index contributed by atoms with van der Waals surface area (Å²) in [7, 11) is -2.65. The summed E-state index contributed by atoms with van der Waals surface area (Å²) in [5, 5.41) is 5.69. The number of carbonyl (C=O) groups is 4. The minimum Gasteiger partial charge on any atom is -0.497 e. The second-order valence-corrected chi connectivity index (χ2v) is 20.7. The van der Waals surface area contributed by atoms with Crippen LogP contribution in [0.25, 0.3) is 10.9 Å². The molecule has 3 saturated carbocycles. The quantitative estimate of drug-likeness (QED) is 0.272. The number of methoxy groups -OCH3 is 1. The van der Waals surface area contributed by atoms with Crippen molar-refractivity contribution in [1.82, 2.24) is 25.2 Å². The molecule has 1 unspecified atom stereocenters. The number of nitrogens with zero attached hydrogens (tertiary/aromatic N) is 2. The van der Waals surface area contributed by atoms with Gasteiger partial charge in [0.1, 0.15) is 35.1 Å². The molecule has 1 saturated heterocycles. The van der Waals surface area contributed by atoms with Crippen LogP contribution in [0.5, 0.6) is 11.5 Å². The molecule has 1 spiro atoms. The van der Waals surface area contributed by atoms with Crippen LogP contribution >= 0.6 is 0 Å². The van der Waals surface area contributed by atoms with Crippen LogP contribution in [-0.4, -0.2) is 89.8 Å². The van der Waals surface area contributed by atoms with Gasteiger partial charge in [0.2, 0.25) is 21.8 Å². The lowest BCUT2D eigenvalue weighted by molar-refractivity contribution is -0.141. The van der Waals surface area contributed by atoms with E-state index in [-0.39, 0.29) is 47.8 Å². The molecule has 326 valence electrons. The first-order chi connectivity index (χ1) is 28.3. The van der Waals surface area contributed by atoms with E-state index >= 15 is 8.78 Å². The lowest BCUT2D eigenvalue weighted by Gasteiger charge is -2.40. The number of pyridine rings is 1. The average molecular weight is 856 g/mol. The van der Waals surface area contributed by atoms with E-state index in [1.165, 1.54) is 18.1 Å². The fraction of sp³-hybridized carbons (Fsp3) is 0.651. The van der Waals surface area contributed by atoms with Crippen molar-refractivity contribution in [3.8, 4) is 11.5 Å². The Morgan fingerprint density at radius 3 is 2.50 bits per heavy atom. The molecule has 4 fully saturated rings. The molecule has 6 aliphatic rings. The van der Waals surface area contributed by atoms with Crippen LogP contribution < -0.4 is 24.8 Å². The summed E-state index contributed by atoms with van der Waals surface area (Å²) in [4.78, 5) is 62.9. The van der Waals surface area contributed by atoms with E-state index in [2.05, 4.69) is 15.4 Å². The van der Waals surface area contributed by atoms with Gasteiger partial charge in [-0.3, -0.25) is 19.1 Å². The Morgan fingerprint density at radius 2 is 1.82 bits per heavy atom. The number of halogens is 2. The zero-order valence-corrected chi connectivity index (χ0v) is 35.6. The fourth-order valence-electron chi connectivity index (χ4n) is 8.88. The highest BCUT2D eigenvalue weighted by Crippen LogP contribution is 2.58. The number of hydrogen-bond donors (Lipinski definition) is 3. The number of hydrogen-bond acceptors (Lipinski definition) is 10. The maximum atomic E-state index is 17.1. The van der Waals surface area contributed by atoms with Gasteiger partial charge in [-0.2, -0.15) is 0 Å². The van der Waals surface area contributed by atoms with Gasteiger partial charge in [-0.15, -0.1) is 0 Å². The fourth-order valence-corrected chi connectivity index (χ4v) is 10.2. The summed E-state index contributed by atoms with van der Waals surface area (Å²) in [6.45, 7) is 6.61. The van der Waals surface area contributed by atoms with Crippen molar-refractivity contribution >= 4 is 44.7 Å². The second-order valence-electron chi connectivity index (χ2n) is 18.5. The Balaban J connectivity index is 1.18. The first-order valence-corrected chi connectivity index (χ1v) is 22.7. The third-order valence-corrected chi connectivity index (χ3v) is 15.7. The van der Waals surface area contributed by atoms with Gasteiger partial charge < -0.3 is 29.7 Å². The van der Waals surface area contributed by atoms with Crippen LogP contribution in [-0.2, 0) is 35.1 Å². The van der Waals surface area contributed by atoms with Gasteiger partial charge >= 0.3 is 6.09 Å². The molecule has 3 N–H and O–H groups in total. The highest BCUT2D eigenvalue weighted by molar-refractivity contribution is 7.91. The Morgan fingerprint density at radius 1 is 1.07 bits per heavy atom. The van der Waals surface area contributed by atoms with E-state index in [9.17, 15) is 27.6 Å². The molecule has 14 nitrogen and oxygen atoms in total. The highest BCUT2D eigenvalue weighted by atomic mass is 32.2. The second kappa shape index (κ2) is 15.1. The normalized spacial score (nSPS) is 30.7. The van der Waals surface area contributed by atoms with Crippen LogP contribution in [0.15, 0.2) is 30.4 Å². The number of fused-ring (bicyclic) bond motifs is 5. The number of sulfonamides is 1. The zero-order chi connectivity index (χ0) is 43.0. The number of allylic oxidation sites excluding steroid dienone is 1. The Hall–Kier alpha value is -4.54. The molecule has 17 heteroatoms. The lowest BCUT2D eigenvalue weighted by atomic mass is 9.84. The van der Waals surface area contributed by atoms with Crippen molar-refractivity contribution in [3.63, 3.8) is 0 Å². The molecule has 1 aromatic heterocycles. The number of ether oxygens (including phenoxy) is 3. The standard InChI is InChI=1S/C43H55F2N5O9S/c1-24(2)25(3)58-39(54)47-31-12-10-8-6-7-9-11-27-20-42(27,38(53)49-60(55,56)40(4)17-18-40)48-36(51)32-21-41(23-50(32)37(31)52)22-43(44,45)33-29-19-28(57-5)15-16-30(29)46-34(26-13-14-26)35(33)59-41/h9,11,15-16,19,24-27,31-32H,6-8,10,12-14,17-18,20-23H2,1-5H3,(H,47,54)(H,48,51)(H,49,53)/b11-9-/t25?,27-,31+,32+,41+,42-/m1/s1. The Bertz CT molecular complexity index is 2250. The van der Waals surface area contributed by atoms with Crippen molar-refractivity contribution in [2.45, 2.75) is 151 Å². The Kier molecular flexibility index (Phi) is 10.6. The molecule has 60 heavy (non-hydrogen) atoms. The maximum absolute atomic E-state index is 17.1. The first kappa shape index (κ1) is 42.2. The van der Waals surface area contributed by atoms with Crippen LogP contribution in [0.1, 0.15) is 122 Å². The van der Waals surface area contributed by atoms with Gasteiger partial charge in [0.15, 0.2) is 5.75 Å². The van der Waals surface area contributed by atoms with Crippen LogP contribution in [0.4, 0.5) is 13.6 Å². The van der Waals surface area contributed by atoms with Crippen LogP contribution in [0.2, 0.25) is 0 Å². The van der Waals surface area contributed by atoms with Gasteiger partial charge in [0.25, 0.3) is 11.8 Å². The molecule has 0 radical (unpaired) electrons. The molecular weight excluding hydrogens is 801 g/mol. The summed E-state index contributed by atoms with van der Waals surface area (Å²) in [5.74, 6) is -6.33. The monoisotopic (exact) mass is 855 g/mol. The molecule has 4 amide bonds. The van der Waals surface area contributed by atoms with Gasteiger partial charge in [-0.25, -0.2) is 27.0 Å². The van der Waals surface area contributed by atoms with Crippen LogP contribution in [0.3, 0.4) is 0 Å². The smallest absolute Gasteiger partial charge is 0.408 e. The topological polar surface area (TPSA) is 182 Å². The van der Waals surface area contributed by atoms with Crippen molar-refractivity contribution < 1.29 is 50.6 Å². The van der Waals surface area contributed by atoms with E-state index < -0.39 is 92.7 Å². The molecule has 3 aliphatic heterocycles. The molecule has 8 rings (SSSR count). The summed E-state index contributed by atoms with van der Waals surface area (Å²) in [6.07, 6.45) is 6.15. The number of amides is 4. The third kappa shape index (κ3) is 7.79. The largest absolute Gasteiger partial charge is 0.497 e. The zero-order valence-electron chi connectivity index (χ0n) is 34.8. The number of rotatable bonds is 8. The number of aromatic nitrogens is 1. The van der Waals surface area contributed by atoms with Gasteiger partial charge in [0, 0.05) is 23.6 Å². The molecule has 4 heterocycles. The molecule has 3 aliphatic carbocycles. The van der Waals surface area contributed by atoms with Crippen molar-refractivity contribution in [3.05, 3.63) is 41.6 Å². The number of alkyl halides is 2. The molecule has 2 aromatic rings. The van der Waals surface area contributed by atoms with E-state index in [1.54, 1.807) is 32.1 Å². The average Bonchev–Trinajstić information content (AvgIpc) is 4.12. The number of nitrogens with one attached hydrogen (secondary N) is 3. The molecular formula is C43H55F2N5O9S. The van der Waals surface area contributed by atoms with Crippen molar-refractivity contribution in [1.29, 1.82) is 0 Å². The summed E-state index contributed by atoms with van der Waals surface area (Å²) in [5.41, 5.74) is -3.04.